The molecular weight excluding hydrogens is 348 g/mol. The predicted molar refractivity (Wildman–Crippen MR) is 105 cm³/mol. The molecule has 0 bridgehead atoms. The second kappa shape index (κ2) is 8.85. The first-order chi connectivity index (χ1) is 12.4. The summed E-state index contributed by atoms with van der Waals surface area (Å²) in [5, 5.41) is 0. The van der Waals surface area contributed by atoms with Crippen molar-refractivity contribution in [3.05, 3.63) is 59.7 Å². The third kappa shape index (κ3) is 4.85. The molecule has 1 amide bonds. The van der Waals surface area contributed by atoms with E-state index in [0.717, 1.165) is 18.4 Å². The molecule has 0 atom stereocenters. The number of sulfonamides is 1. The van der Waals surface area contributed by atoms with E-state index in [2.05, 4.69) is 11.6 Å². The SMILES string of the molecule is CCCc1ccc(S(=O)(=O)Nc2ccc(C(=O)N(CC)CC)cc2)cc1. The molecule has 0 aliphatic heterocycles. The minimum absolute atomic E-state index is 0.0593. The number of benzene rings is 2. The number of rotatable bonds is 8. The minimum Gasteiger partial charge on any atom is -0.339 e. The summed E-state index contributed by atoms with van der Waals surface area (Å²) in [6, 6.07) is 13.4. The molecule has 26 heavy (non-hydrogen) atoms. The Kier molecular flexibility index (Phi) is 6.80. The lowest BCUT2D eigenvalue weighted by atomic mass is 10.1. The molecule has 0 fully saturated rings. The van der Waals surface area contributed by atoms with Gasteiger partial charge in [0.2, 0.25) is 0 Å². The van der Waals surface area contributed by atoms with Gasteiger partial charge >= 0.3 is 0 Å². The van der Waals surface area contributed by atoms with Gasteiger partial charge in [0.25, 0.3) is 15.9 Å². The summed E-state index contributed by atoms with van der Waals surface area (Å²) in [6.45, 7) is 7.21. The molecule has 0 spiro atoms. The van der Waals surface area contributed by atoms with Gasteiger partial charge in [-0.1, -0.05) is 25.5 Å². The maximum Gasteiger partial charge on any atom is 0.261 e. The van der Waals surface area contributed by atoms with Crippen LogP contribution in [0.15, 0.2) is 53.4 Å². The molecule has 2 rings (SSSR count). The Morgan fingerprint density at radius 1 is 0.923 bits per heavy atom. The first kappa shape index (κ1) is 20.0. The van der Waals surface area contributed by atoms with E-state index >= 15 is 0 Å². The number of hydrogen-bond donors (Lipinski definition) is 1. The molecule has 0 aliphatic rings. The van der Waals surface area contributed by atoms with Crippen LogP contribution in [0.5, 0.6) is 0 Å². The van der Waals surface area contributed by atoms with Crippen molar-refractivity contribution in [1.29, 1.82) is 0 Å². The van der Waals surface area contributed by atoms with E-state index in [9.17, 15) is 13.2 Å². The normalized spacial score (nSPS) is 11.2. The molecule has 0 aromatic heterocycles. The van der Waals surface area contributed by atoms with Crippen molar-refractivity contribution in [3.63, 3.8) is 0 Å². The van der Waals surface area contributed by atoms with E-state index < -0.39 is 10.0 Å². The number of nitrogens with one attached hydrogen (secondary N) is 1. The molecule has 0 aliphatic carbocycles. The van der Waals surface area contributed by atoms with Crippen molar-refractivity contribution in [2.45, 2.75) is 38.5 Å². The number of anilines is 1. The Labute approximate surface area is 156 Å². The summed E-state index contributed by atoms with van der Waals surface area (Å²) in [5.74, 6) is -0.0593. The summed E-state index contributed by atoms with van der Waals surface area (Å²) >= 11 is 0. The number of aryl methyl sites for hydroxylation is 1. The maximum absolute atomic E-state index is 12.5. The molecule has 0 saturated carbocycles. The van der Waals surface area contributed by atoms with Gasteiger partial charge in [-0.2, -0.15) is 0 Å². The summed E-state index contributed by atoms with van der Waals surface area (Å²) in [4.78, 5) is 14.2. The molecule has 0 radical (unpaired) electrons. The molecule has 6 heteroatoms. The second-order valence-electron chi connectivity index (χ2n) is 6.05. The van der Waals surface area contributed by atoms with Crippen LogP contribution in [0.1, 0.15) is 43.1 Å². The Hall–Kier alpha value is -2.34. The Morgan fingerprint density at radius 2 is 1.50 bits per heavy atom. The highest BCUT2D eigenvalue weighted by molar-refractivity contribution is 7.92. The summed E-state index contributed by atoms with van der Waals surface area (Å²) in [6.07, 6.45) is 1.94. The van der Waals surface area contributed by atoms with Crippen LogP contribution < -0.4 is 4.72 Å². The minimum atomic E-state index is -3.65. The van der Waals surface area contributed by atoms with Gasteiger partial charge in [-0.25, -0.2) is 8.42 Å². The number of carbonyl (C=O) groups is 1. The fourth-order valence-corrected chi connectivity index (χ4v) is 3.77. The average Bonchev–Trinajstić information content (AvgIpc) is 2.63. The van der Waals surface area contributed by atoms with Gasteiger partial charge in [-0.15, -0.1) is 0 Å². The van der Waals surface area contributed by atoms with E-state index in [1.165, 1.54) is 0 Å². The van der Waals surface area contributed by atoms with Crippen LogP contribution in [0.3, 0.4) is 0 Å². The highest BCUT2D eigenvalue weighted by Crippen LogP contribution is 2.18. The van der Waals surface area contributed by atoms with Crippen LogP contribution in [0, 0.1) is 0 Å². The first-order valence-corrected chi connectivity index (χ1v) is 10.4. The maximum atomic E-state index is 12.5. The van der Waals surface area contributed by atoms with Gasteiger partial charge in [0, 0.05) is 24.3 Å². The van der Waals surface area contributed by atoms with Crippen molar-refractivity contribution in [2.24, 2.45) is 0 Å². The summed E-state index contributed by atoms with van der Waals surface area (Å²) in [7, 11) is -3.65. The molecule has 2 aromatic carbocycles. The van der Waals surface area contributed by atoms with Crippen LogP contribution in [0.4, 0.5) is 5.69 Å². The zero-order valence-electron chi connectivity index (χ0n) is 15.5. The van der Waals surface area contributed by atoms with E-state index in [4.69, 9.17) is 0 Å². The zero-order chi connectivity index (χ0) is 19.2. The Bertz CT molecular complexity index is 824. The predicted octanol–water partition coefficient (Wildman–Crippen LogP) is 3.92. The lowest BCUT2D eigenvalue weighted by Crippen LogP contribution is -2.30. The number of amides is 1. The van der Waals surface area contributed by atoms with Crippen molar-refractivity contribution >= 4 is 21.6 Å². The molecule has 5 nitrogen and oxygen atoms in total. The Morgan fingerprint density at radius 3 is 2.00 bits per heavy atom. The van der Waals surface area contributed by atoms with Crippen LogP contribution in [-0.2, 0) is 16.4 Å². The van der Waals surface area contributed by atoms with Gasteiger partial charge in [-0.05, 0) is 62.2 Å². The van der Waals surface area contributed by atoms with E-state index in [-0.39, 0.29) is 10.8 Å². The number of carbonyl (C=O) groups excluding carboxylic acids is 1. The molecule has 1 N–H and O–H groups in total. The van der Waals surface area contributed by atoms with Gasteiger partial charge in [0.05, 0.1) is 4.90 Å². The lowest BCUT2D eigenvalue weighted by Gasteiger charge is -2.18. The molecule has 140 valence electrons. The Balaban J connectivity index is 2.13. The number of hydrogen-bond acceptors (Lipinski definition) is 3. The average molecular weight is 375 g/mol. The third-order valence-electron chi connectivity index (χ3n) is 4.21. The lowest BCUT2D eigenvalue weighted by molar-refractivity contribution is 0.0773. The van der Waals surface area contributed by atoms with E-state index in [1.807, 2.05) is 26.0 Å². The van der Waals surface area contributed by atoms with Crippen molar-refractivity contribution < 1.29 is 13.2 Å². The molecule has 0 unspecified atom stereocenters. The van der Waals surface area contributed by atoms with E-state index in [1.54, 1.807) is 41.3 Å². The van der Waals surface area contributed by atoms with Crippen LogP contribution >= 0.6 is 0 Å². The van der Waals surface area contributed by atoms with E-state index in [0.29, 0.717) is 24.3 Å². The van der Waals surface area contributed by atoms with Crippen molar-refractivity contribution in [2.75, 3.05) is 17.8 Å². The fraction of sp³-hybridized carbons (Fsp3) is 0.350. The van der Waals surface area contributed by atoms with Gasteiger partial charge in [0.15, 0.2) is 0 Å². The quantitative estimate of drug-likeness (QED) is 0.761. The zero-order valence-corrected chi connectivity index (χ0v) is 16.3. The van der Waals surface area contributed by atoms with Crippen molar-refractivity contribution in [3.8, 4) is 0 Å². The highest BCUT2D eigenvalue weighted by atomic mass is 32.2. The smallest absolute Gasteiger partial charge is 0.261 e. The van der Waals surface area contributed by atoms with Crippen LogP contribution in [0.25, 0.3) is 0 Å². The molecule has 0 saturated heterocycles. The van der Waals surface area contributed by atoms with Gasteiger partial charge in [-0.3, -0.25) is 9.52 Å². The standard InChI is InChI=1S/C20H26N2O3S/c1-4-7-16-8-14-19(15-9-16)26(24,25)21-18-12-10-17(11-13-18)20(23)22(5-2)6-3/h8-15,21H,4-7H2,1-3H3. The monoisotopic (exact) mass is 374 g/mol. The number of nitrogens with zero attached hydrogens (tertiary/aromatic N) is 1. The molecule has 0 heterocycles. The highest BCUT2D eigenvalue weighted by Gasteiger charge is 2.15. The molecule has 2 aromatic rings. The largest absolute Gasteiger partial charge is 0.339 e. The van der Waals surface area contributed by atoms with Gasteiger partial charge < -0.3 is 4.90 Å². The van der Waals surface area contributed by atoms with Crippen LogP contribution in [0.2, 0.25) is 0 Å². The van der Waals surface area contributed by atoms with Crippen LogP contribution in [-0.4, -0.2) is 32.3 Å². The summed E-state index contributed by atoms with van der Waals surface area (Å²) < 4.78 is 27.6. The van der Waals surface area contributed by atoms with Gasteiger partial charge in [0.1, 0.15) is 0 Å². The van der Waals surface area contributed by atoms with Crippen molar-refractivity contribution in [1.82, 2.24) is 4.90 Å². The molecular formula is C20H26N2O3S. The first-order valence-electron chi connectivity index (χ1n) is 8.92. The third-order valence-corrected chi connectivity index (χ3v) is 5.60. The topological polar surface area (TPSA) is 66.5 Å². The second-order valence-corrected chi connectivity index (χ2v) is 7.74. The summed E-state index contributed by atoms with van der Waals surface area (Å²) in [5.41, 5.74) is 2.09. The fourth-order valence-electron chi connectivity index (χ4n) is 2.71.